The van der Waals surface area contributed by atoms with Gasteiger partial charge >= 0.3 is 0 Å². The Balaban J connectivity index is 1.54. The number of sulfonamides is 1. The maximum atomic E-state index is 12.7. The molecule has 2 aromatic carbocycles. The zero-order valence-electron chi connectivity index (χ0n) is 17.7. The fraction of sp³-hybridized carbons (Fsp3) is 0.435. The van der Waals surface area contributed by atoms with Gasteiger partial charge in [0.25, 0.3) is 0 Å². The number of ether oxygens (including phenoxy) is 1. The van der Waals surface area contributed by atoms with E-state index in [1.54, 1.807) is 30.3 Å². The van der Waals surface area contributed by atoms with Gasteiger partial charge in [0.15, 0.2) is 0 Å². The van der Waals surface area contributed by atoms with Gasteiger partial charge in [0.1, 0.15) is 5.75 Å². The molecule has 0 spiro atoms. The largest absolute Gasteiger partial charge is 0.491 e. The molecule has 0 aromatic heterocycles. The van der Waals surface area contributed by atoms with Crippen molar-refractivity contribution < 1.29 is 17.9 Å². The summed E-state index contributed by atoms with van der Waals surface area (Å²) in [6.07, 6.45) is 1.15. The minimum absolute atomic E-state index is 0.0261. The number of nitrogens with zero attached hydrogens (tertiary/aromatic N) is 1. The van der Waals surface area contributed by atoms with E-state index in [-0.39, 0.29) is 24.0 Å². The number of rotatable bonds is 7. The van der Waals surface area contributed by atoms with Gasteiger partial charge in [0.05, 0.1) is 17.0 Å². The minimum Gasteiger partial charge on any atom is -0.491 e. The molecule has 1 amide bonds. The fourth-order valence-corrected chi connectivity index (χ4v) is 5.11. The topological polar surface area (TPSA) is 75.7 Å². The van der Waals surface area contributed by atoms with Crippen molar-refractivity contribution in [2.24, 2.45) is 5.92 Å². The first-order chi connectivity index (χ1) is 14.3. The van der Waals surface area contributed by atoms with E-state index in [2.05, 4.69) is 5.32 Å². The van der Waals surface area contributed by atoms with Crippen molar-refractivity contribution in [1.29, 1.82) is 0 Å². The Hall–Kier alpha value is -2.38. The van der Waals surface area contributed by atoms with Crippen LogP contribution in [0.25, 0.3) is 0 Å². The Kier molecular flexibility index (Phi) is 7.15. The average Bonchev–Trinajstić information content (AvgIpc) is 2.74. The normalized spacial score (nSPS) is 16.9. The summed E-state index contributed by atoms with van der Waals surface area (Å²) in [6.45, 7) is 6.61. The fourth-order valence-electron chi connectivity index (χ4n) is 3.62. The quantitative estimate of drug-likeness (QED) is 0.726. The molecule has 1 N–H and O–H groups in total. The number of carbonyl (C=O) groups excluding carboxylic acids is 1. The Morgan fingerprint density at radius 2 is 1.60 bits per heavy atom. The Morgan fingerprint density at radius 3 is 2.17 bits per heavy atom. The predicted molar refractivity (Wildman–Crippen MR) is 117 cm³/mol. The lowest BCUT2D eigenvalue weighted by molar-refractivity contribution is -0.126. The third-order valence-electron chi connectivity index (χ3n) is 5.32. The average molecular weight is 431 g/mol. The van der Waals surface area contributed by atoms with Crippen molar-refractivity contribution >= 4 is 15.9 Å². The molecule has 2 aromatic rings. The molecule has 0 radical (unpaired) electrons. The first-order valence-corrected chi connectivity index (χ1v) is 11.8. The highest BCUT2D eigenvalue weighted by molar-refractivity contribution is 7.89. The van der Waals surface area contributed by atoms with Crippen LogP contribution in [0.15, 0.2) is 59.5 Å². The van der Waals surface area contributed by atoms with E-state index in [0.717, 1.165) is 11.3 Å². The molecular formula is C23H30N2O4S. The van der Waals surface area contributed by atoms with Crippen LogP contribution in [0.3, 0.4) is 0 Å². The second kappa shape index (κ2) is 9.62. The second-order valence-electron chi connectivity index (χ2n) is 7.96. The number of benzene rings is 2. The van der Waals surface area contributed by atoms with Gasteiger partial charge < -0.3 is 10.1 Å². The van der Waals surface area contributed by atoms with Gasteiger partial charge in [-0.05, 0) is 63.4 Å². The molecule has 0 bridgehead atoms. The number of carbonyl (C=O) groups is 1. The van der Waals surface area contributed by atoms with Crippen LogP contribution in [0.4, 0.5) is 0 Å². The zero-order chi connectivity index (χ0) is 21.7. The summed E-state index contributed by atoms with van der Waals surface area (Å²) in [7, 11) is -3.50. The predicted octanol–water partition coefficient (Wildman–Crippen LogP) is 3.75. The molecule has 0 aliphatic carbocycles. The molecule has 1 aliphatic heterocycles. The van der Waals surface area contributed by atoms with Crippen LogP contribution in [0.2, 0.25) is 0 Å². The highest BCUT2D eigenvalue weighted by Crippen LogP contribution is 2.25. The molecule has 162 valence electrons. The summed E-state index contributed by atoms with van der Waals surface area (Å²) < 4.78 is 32.6. The van der Waals surface area contributed by atoms with Gasteiger partial charge in [0, 0.05) is 19.0 Å². The SMILES string of the molecule is CC(C)Oc1ccc(C(C)NC(=O)C2CCN(S(=O)(=O)c3ccccc3)CC2)cc1. The van der Waals surface area contributed by atoms with Crippen LogP contribution in [0, 0.1) is 5.92 Å². The molecule has 3 rings (SSSR count). The lowest BCUT2D eigenvalue weighted by atomic mass is 9.96. The molecule has 1 unspecified atom stereocenters. The third-order valence-corrected chi connectivity index (χ3v) is 7.23. The maximum absolute atomic E-state index is 12.7. The maximum Gasteiger partial charge on any atom is 0.243 e. The van der Waals surface area contributed by atoms with Gasteiger partial charge in [-0.2, -0.15) is 4.31 Å². The molecule has 1 aliphatic rings. The molecule has 6 nitrogen and oxygen atoms in total. The van der Waals surface area contributed by atoms with E-state index in [9.17, 15) is 13.2 Å². The Bertz CT molecular complexity index is 935. The van der Waals surface area contributed by atoms with Crippen LogP contribution in [0.5, 0.6) is 5.75 Å². The van der Waals surface area contributed by atoms with Crippen molar-refractivity contribution in [2.45, 2.75) is 50.7 Å². The third kappa shape index (κ3) is 5.40. The van der Waals surface area contributed by atoms with Crippen LogP contribution >= 0.6 is 0 Å². The molecule has 1 saturated heterocycles. The van der Waals surface area contributed by atoms with E-state index in [1.165, 1.54) is 4.31 Å². The van der Waals surface area contributed by atoms with Crippen molar-refractivity contribution in [2.75, 3.05) is 13.1 Å². The number of amides is 1. The second-order valence-corrected chi connectivity index (χ2v) is 9.90. The Labute approximate surface area is 179 Å². The molecule has 30 heavy (non-hydrogen) atoms. The van der Waals surface area contributed by atoms with Gasteiger partial charge in [-0.3, -0.25) is 4.79 Å². The summed E-state index contributed by atoms with van der Waals surface area (Å²) >= 11 is 0. The highest BCUT2D eigenvalue weighted by atomic mass is 32.2. The first kappa shape index (κ1) is 22.3. The smallest absolute Gasteiger partial charge is 0.243 e. The molecular weight excluding hydrogens is 400 g/mol. The van der Waals surface area contributed by atoms with Crippen LogP contribution in [-0.4, -0.2) is 37.8 Å². The number of hydrogen-bond donors (Lipinski definition) is 1. The molecule has 7 heteroatoms. The van der Waals surface area contributed by atoms with E-state index >= 15 is 0 Å². The zero-order valence-corrected chi connectivity index (χ0v) is 18.6. The minimum atomic E-state index is -3.50. The summed E-state index contributed by atoms with van der Waals surface area (Å²) in [4.78, 5) is 13.0. The van der Waals surface area contributed by atoms with Gasteiger partial charge in [-0.1, -0.05) is 30.3 Å². The molecule has 1 fully saturated rings. The summed E-state index contributed by atoms with van der Waals surface area (Å²) in [5.74, 6) is 0.597. The number of nitrogens with one attached hydrogen (secondary N) is 1. The molecule has 1 heterocycles. The monoisotopic (exact) mass is 430 g/mol. The van der Waals surface area contributed by atoms with Crippen molar-refractivity contribution in [3.63, 3.8) is 0 Å². The van der Waals surface area contributed by atoms with Crippen molar-refractivity contribution in [1.82, 2.24) is 9.62 Å². The Morgan fingerprint density at radius 1 is 1.00 bits per heavy atom. The standard InChI is InChI=1S/C23H30N2O4S/c1-17(2)29-21-11-9-19(10-12-21)18(3)24-23(26)20-13-15-25(16-14-20)30(27,28)22-7-5-4-6-8-22/h4-12,17-18,20H,13-16H2,1-3H3,(H,24,26). The first-order valence-electron chi connectivity index (χ1n) is 10.4. The summed E-state index contributed by atoms with van der Waals surface area (Å²) in [5, 5.41) is 3.06. The van der Waals surface area contributed by atoms with E-state index in [1.807, 2.05) is 45.0 Å². The van der Waals surface area contributed by atoms with Crippen LogP contribution in [-0.2, 0) is 14.8 Å². The lowest BCUT2D eigenvalue weighted by Gasteiger charge is -2.31. The molecule has 0 saturated carbocycles. The van der Waals surface area contributed by atoms with Crippen molar-refractivity contribution in [3.05, 3.63) is 60.2 Å². The molecule has 1 atom stereocenters. The number of hydrogen-bond acceptors (Lipinski definition) is 4. The van der Waals surface area contributed by atoms with E-state index in [4.69, 9.17) is 4.74 Å². The summed E-state index contributed by atoms with van der Waals surface area (Å²) in [5.41, 5.74) is 1.00. The van der Waals surface area contributed by atoms with Gasteiger partial charge in [-0.25, -0.2) is 8.42 Å². The van der Waals surface area contributed by atoms with Crippen LogP contribution < -0.4 is 10.1 Å². The van der Waals surface area contributed by atoms with Gasteiger partial charge in [0.2, 0.25) is 15.9 Å². The van der Waals surface area contributed by atoms with E-state index < -0.39 is 10.0 Å². The van der Waals surface area contributed by atoms with Crippen LogP contribution in [0.1, 0.15) is 45.2 Å². The highest BCUT2D eigenvalue weighted by Gasteiger charge is 2.32. The van der Waals surface area contributed by atoms with E-state index in [0.29, 0.717) is 30.8 Å². The van der Waals surface area contributed by atoms with Gasteiger partial charge in [-0.15, -0.1) is 0 Å². The lowest BCUT2D eigenvalue weighted by Crippen LogP contribution is -2.43. The number of piperidine rings is 1. The van der Waals surface area contributed by atoms with Crippen molar-refractivity contribution in [3.8, 4) is 5.75 Å². The summed E-state index contributed by atoms with van der Waals surface area (Å²) in [6, 6.07) is 16.0.